The summed E-state index contributed by atoms with van der Waals surface area (Å²) < 4.78 is 54.2. The van der Waals surface area contributed by atoms with Crippen LogP contribution in [0.4, 0.5) is 24.7 Å². The first kappa shape index (κ1) is 29.9. The quantitative estimate of drug-likeness (QED) is 0.247. The van der Waals surface area contributed by atoms with Crippen molar-refractivity contribution in [3.8, 4) is 29.6 Å². The molecule has 11 heteroatoms. The molecule has 5 heterocycles. The summed E-state index contributed by atoms with van der Waals surface area (Å²) in [7, 11) is 1.42. The van der Waals surface area contributed by atoms with E-state index in [1.54, 1.807) is 12.1 Å². The highest BCUT2D eigenvalue weighted by atomic mass is 19.1. The number of rotatable bonds is 3. The Kier molecular flexibility index (Phi) is 8.47. The van der Waals surface area contributed by atoms with Crippen molar-refractivity contribution < 1.29 is 22.6 Å². The largest absolute Gasteiger partial charge is 0.467 e. The fraction of sp³-hybridized carbons (Fsp3) is 0.424. The van der Waals surface area contributed by atoms with E-state index in [0.29, 0.717) is 66.6 Å². The smallest absolute Gasteiger partial charge is 0.318 e. The fourth-order valence-electron chi connectivity index (χ4n) is 6.53. The number of fused-ring (bicyclic) bond motifs is 3. The van der Waals surface area contributed by atoms with Crippen LogP contribution in [0.2, 0.25) is 0 Å². The monoisotopic (exact) mass is 604 g/mol. The second kappa shape index (κ2) is 12.5. The van der Waals surface area contributed by atoms with Gasteiger partial charge in [-0.15, -0.1) is 6.42 Å². The number of methoxy groups -OCH3 is 1. The molecule has 0 amide bonds. The third kappa shape index (κ3) is 5.72. The second-order valence-electron chi connectivity index (χ2n) is 11.7. The molecule has 2 N–H and O–H groups in total. The molecule has 0 spiro atoms. The molecule has 3 atom stereocenters. The van der Waals surface area contributed by atoms with E-state index in [4.69, 9.17) is 21.6 Å². The maximum atomic E-state index is 16.1. The van der Waals surface area contributed by atoms with Crippen LogP contribution in [0.1, 0.15) is 31.7 Å². The van der Waals surface area contributed by atoms with Gasteiger partial charge in [0.05, 0.1) is 31.3 Å². The molecule has 0 saturated carbocycles. The number of benzene rings is 2. The Balaban J connectivity index is 0.000000323. The third-order valence-electron chi connectivity index (χ3n) is 8.51. The number of hydrogen-bond acceptors (Lipinski definition) is 8. The van der Waals surface area contributed by atoms with Gasteiger partial charge < -0.3 is 20.1 Å². The first-order valence-electron chi connectivity index (χ1n) is 14.9. The molecule has 7 rings (SSSR count). The number of nitrogens with zero attached hydrogens (tertiary/aromatic N) is 5. The minimum absolute atomic E-state index is 0.0123. The Morgan fingerprint density at radius 1 is 1.16 bits per heavy atom. The summed E-state index contributed by atoms with van der Waals surface area (Å²) in [6.45, 7) is 6.32. The average molecular weight is 605 g/mol. The van der Waals surface area contributed by atoms with E-state index in [1.165, 1.54) is 38.3 Å². The van der Waals surface area contributed by atoms with E-state index in [0.717, 1.165) is 13.0 Å². The van der Waals surface area contributed by atoms with E-state index >= 15 is 4.39 Å². The molecular weight excluding hydrogens is 569 g/mol. The van der Waals surface area contributed by atoms with Crippen molar-refractivity contribution in [1.82, 2.24) is 19.9 Å². The number of halogens is 3. The Bertz CT molecular complexity index is 1730. The fourth-order valence-corrected chi connectivity index (χ4v) is 6.53. The number of alkyl halides is 1. The Hall–Kier alpha value is -4.14. The number of pyridine rings is 1. The van der Waals surface area contributed by atoms with Gasteiger partial charge in [0.1, 0.15) is 29.0 Å². The van der Waals surface area contributed by atoms with E-state index in [1.807, 2.05) is 4.90 Å². The number of hydrogen-bond donors (Lipinski definition) is 1. The number of nitrogens with two attached hydrogens (primary N) is 1. The zero-order valence-corrected chi connectivity index (χ0v) is 24.8. The molecule has 3 aliphatic rings. The molecule has 2 aromatic carbocycles. The number of ether oxygens (including phenoxy) is 2. The minimum atomic E-state index is -0.706. The number of anilines is 2. The molecule has 230 valence electrons. The van der Waals surface area contributed by atoms with Crippen molar-refractivity contribution in [3.05, 3.63) is 47.7 Å². The maximum absolute atomic E-state index is 16.1. The highest BCUT2D eigenvalue weighted by Crippen LogP contribution is 2.38. The van der Waals surface area contributed by atoms with Crippen LogP contribution in [-0.2, 0) is 4.74 Å². The standard InChI is InChI=1S/C26H23F2N5O2.C7H12FN/c1-4-17-20(27)6-5-15-9-16(29)10-18(21(15)17)23-22(28)24-19(11-30-23)25(32-26(31-24)34-3)33-7-8-35-13-14(2)12-33;8-6-4-7-2-1-3-9(7)5-6/h1,5-6,9-11,14H,7-8,12-13,29H2,2-3H3;6-7H,1-5H2. The summed E-state index contributed by atoms with van der Waals surface area (Å²) in [5.41, 5.74) is 6.73. The van der Waals surface area contributed by atoms with Crippen LogP contribution in [0.5, 0.6) is 6.01 Å². The molecule has 3 saturated heterocycles. The van der Waals surface area contributed by atoms with Gasteiger partial charge in [0.25, 0.3) is 0 Å². The number of nitrogen functional groups attached to an aromatic ring is 1. The molecule has 3 fully saturated rings. The molecule has 2 aromatic heterocycles. The summed E-state index contributed by atoms with van der Waals surface area (Å²) in [5.74, 6) is 1.84. The molecule has 0 radical (unpaired) electrons. The van der Waals surface area contributed by atoms with Crippen molar-refractivity contribution in [2.45, 2.75) is 38.4 Å². The van der Waals surface area contributed by atoms with Gasteiger partial charge in [0.2, 0.25) is 0 Å². The molecular formula is C33H35F3N6O2. The lowest BCUT2D eigenvalue weighted by molar-refractivity contribution is 0.129. The molecule has 0 aliphatic carbocycles. The zero-order chi connectivity index (χ0) is 31.0. The minimum Gasteiger partial charge on any atom is -0.467 e. The Labute approximate surface area is 254 Å². The van der Waals surface area contributed by atoms with Gasteiger partial charge in [-0.25, -0.2) is 13.2 Å². The summed E-state index contributed by atoms with van der Waals surface area (Å²) in [4.78, 5) is 17.5. The van der Waals surface area contributed by atoms with Crippen LogP contribution in [0.15, 0.2) is 30.5 Å². The van der Waals surface area contributed by atoms with Crippen molar-refractivity contribution in [2.24, 2.45) is 5.92 Å². The van der Waals surface area contributed by atoms with Crippen molar-refractivity contribution >= 4 is 33.2 Å². The van der Waals surface area contributed by atoms with Gasteiger partial charge in [-0.2, -0.15) is 9.97 Å². The topological polar surface area (TPSA) is 89.6 Å². The van der Waals surface area contributed by atoms with Gasteiger partial charge in [0, 0.05) is 48.5 Å². The second-order valence-corrected chi connectivity index (χ2v) is 11.7. The van der Waals surface area contributed by atoms with Crippen LogP contribution >= 0.6 is 0 Å². The zero-order valence-electron chi connectivity index (χ0n) is 24.8. The summed E-state index contributed by atoms with van der Waals surface area (Å²) >= 11 is 0. The molecule has 0 bridgehead atoms. The van der Waals surface area contributed by atoms with E-state index < -0.39 is 17.8 Å². The highest BCUT2D eigenvalue weighted by Gasteiger charge is 2.34. The summed E-state index contributed by atoms with van der Waals surface area (Å²) in [6.07, 6.45) is 9.94. The van der Waals surface area contributed by atoms with E-state index in [2.05, 4.69) is 32.7 Å². The number of terminal acetylenes is 1. The molecule has 3 aliphatic heterocycles. The lowest BCUT2D eigenvalue weighted by Gasteiger charge is -2.24. The molecule has 44 heavy (non-hydrogen) atoms. The van der Waals surface area contributed by atoms with Crippen LogP contribution in [0.25, 0.3) is 32.9 Å². The Morgan fingerprint density at radius 2 is 2.00 bits per heavy atom. The normalized spacial score (nSPS) is 21.9. The van der Waals surface area contributed by atoms with E-state index in [-0.39, 0.29) is 34.3 Å². The lowest BCUT2D eigenvalue weighted by atomic mass is 9.95. The van der Waals surface area contributed by atoms with Crippen LogP contribution < -0.4 is 15.4 Å². The van der Waals surface area contributed by atoms with Gasteiger partial charge in [-0.05, 0) is 55.3 Å². The summed E-state index contributed by atoms with van der Waals surface area (Å²) in [6, 6.07) is 6.64. The number of aromatic nitrogens is 3. The summed E-state index contributed by atoms with van der Waals surface area (Å²) in [5, 5.41) is 1.36. The van der Waals surface area contributed by atoms with Crippen molar-refractivity contribution in [2.75, 3.05) is 57.1 Å². The first-order valence-corrected chi connectivity index (χ1v) is 14.9. The third-order valence-corrected chi connectivity index (χ3v) is 8.51. The predicted octanol–water partition coefficient (Wildman–Crippen LogP) is 5.36. The van der Waals surface area contributed by atoms with Crippen LogP contribution in [-0.4, -0.2) is 78.6 Å². The molecule has 4 aromatic rings. The molecule has 8 nitrogen and oxygen atoms in total. The predicted molar refractivity (Wildman–Crippen MR) is 165 cm³/mol. The molecule has 3 unspecified atom stereocenters. The van der Waals surface area contributed by atoms with Crippen molar-refractivity contribution in [1.29, 1.82) is 0 Å². The SMILES string of the molecule is C#Cc1c(F)ccc2cc(N)cc(-c3ncc4c(N5CCOCC(C)C5)nc(OC)nc4c3F)c12.FC1CC2CCCN2C1. The van der Waals surface area contributed by atoms with Gasteiger partial charge in [-0.1, -0.05) is 18.9 Å². The van der Waals surface area contributed by atoms with Crippen molar-refractivity contribution in [3.63, 3.8) is 0 Å². The lowest BCUT2D eigenvalue weighted by Crippen LogP contribution is -2.30. The maximum Gasteiger partial charge on any atom is 0.318 e. The average Bonchev–Trinajstić information content (AvgIpc) is 3.51. The van der Waals surface area contributed by atoms with Crippen LogP contribution in [0.3, 0.4) is 0 Å². The highest BCUT2D eigenvalue weighted by molar-refractivity contribution is 6.03. The van der Waals surface area contributed by atoms with Gasteiger partial charge in [0.15, 0.2) is 5.82 Å². The first-order chi connectivity index (χ1) is 21.3. The van der Waals surface area contributed by atoms with E-state index in [9.17, 15) is 8.78 Å². The van der Waals surface area contributed by atoms with Gasteiger partial charge >= 0.3 is 6.01 Å². The van der Waals surface area contributed by atoms with Crippen LogP contribution in [0, 0.1) is 29.9 Å². The Morgan fingerprint density at radius 3 is 2.77 bits per heavy atom. The van der Waals surface area contributed by atoms with Gasteiger partial charge in [-0.3, -0.25) is 9.88 Å².